The largest absolute Gasteiger partial charge is 0.284 e. The predicted molar refractivity (Wildman–Crippen MR) is 67.4 cm³/mol. The second-order valence-electron chi connectivity index (χ2n) is 4.06. The Morgan fingerprint density at radius 3 is 2.67 bits per heavy atom. The first-order valence-electron chi connectivity index (χ1n) is 5.81. The number of hydrogen-bond acceptors (Lipinski definition) is 3. The summed E-state index contributed by atoms with van der Waals surface area (Å²) >= 11 is 0. The van der Waals surface area contributed by atoms with Gasteiger partial charge in [-0.1, -0.05) is 18.2 Å². The first-order chi connectivity index (χ1) is 8.86. The molecule has 18 heavy (non-hydrogen) atoms. The first-order valence-corrected chi connectivity index (χ1v) is 5.81. The fourth-order valence-electron chi connectivity index (χ4n) is 1.94. The van der Waals surface area contributed by atoms with Crippen LogP contribution < -0.4 is 0 Å². The van der Waals surface area contributed by atoms with Crippen LogP contribution in [-0.2, 0) is 0 Å². The predicted octanol–water partition coefficient (Wildman–Crippen LogP) is 2.07. The zero-order valence-corrected chi connectivity index (χ0v) is 10.0. The van der Waals surface area contributed by atoms with Gasteiger partial charge in [-0.15, -0.1) is 10.2 Å². The highest BCUT2D eigenvalue weighted by Gasteiger charge is 2.15. The molecular formula is C13H13N5. The number of para-hydroxylation sites is 1. The molecule has 0 aliphatic carbocycles. The van der Waals surface area contributed by atoms with E-state index in [4.69, 9.17) is 0 Å². The van der Waals surface area contributed by atoms with Crippen molar-refractivity contribution in [3.63, 3.8) is 0 Å². The number of nitrogens with zero attached hydrogens (tertiary/aromatic N) is 5. The van der Waals surface area contributed by atoms with Crippen molar-refractivity contribution in [2.75, 3.05) is 0 Å². The van der Waals surface area contributed by atoms with Crippen LogP contribution in [-0.4, -0.2) is 24.5 Å². The maximum atomic E-state index is 4.24. The maximum Gasteiger partial charge on any atom is 0.162 e. The highest BCUT2D eigenvalue weighted by molar-refractivity contribution is 5.32. The van der Waals surface area contributed by atoms with Crippen LogP contribution in [0.5, 0.6) is 0 Å². The Kier molecular flexibility index (Phi) is 2.64. The molecule has 0 fully saturated rings. The Balaban J connectivity index is 2.02. The first kappa shape index (κ1) is 10.7. The standard InChI is InChI=1S/C13H13N5/c1-11(18-9-5-8-15-18)13-16-14-10-17(13)12-6-3-2-4-7-12/h2-11H,1H3/t11-/m0/s1. The lowest BCUT2D eigenvalue weighted by Crippen LogP contribution is -2.13. The van der Waals surface area contributed by atoms with E-state index in [-0.39, 0.29) is 6.04 Å². The van der Waals surface area contributed by atoms with Crippen LogP contribution in [0, 0.1) is 0 Å². The summed E-state index contributed by atoms with van der Waals surface area (Å²) in [4.78, 5) is 0. The number of aromatic nitrogens is 5. The molecule has 0 aliphatic heterocycles. The Morgan fingerprint density at radius 1 is 1.11 bits per heavy atom. The Morgan fingerprint density at radius 2 is 1.94 bits per heavy atom. The fourth-order valence-corrected chi connectivity index (χ4v) is 1.94. The van der Waals surface area contributed by atoms with Gasteiger partial charge < -0.3 is 0 Å². The lowest BCUT2D eigenvalue weighted by molar-refractivity contribution is 0.528. The van der Waals surface area contributed by atoms with Crippen molar-refractivity contribution in [1.29, 1.82) is 0 Å². The zero-order chi connectivity index (χ0) is 12.4. The van der Waals surface area contributed by atoms with E-state index in [2.05, 4.69) is 22.2 Å². The molecule has 0 saturated heterocycles. The van der Waals surface area contributed by atoms with Gasteiger partial charge in [-0.2, -0.15) is 5.10 Å². The third-order valence-electron chi connectivity index (χ3n) is 2.90. The van der Waals surface area contributed by atoms with E-state index in [9.17, 15) is 0 Å². The molecule has 2 aromatic heterocycles. The van der Waals surface area contributed by atoms with Gasteiger partial charge >= 0.3 is 0 Å². The molecule has 5 nitrogen and oxygen atoms in total. The van der Waals surface area contributed by atoms with Gasteiger partial charge in [0.1, 0.15) is 12.4 Å². The van der Waals surface area contributed by atoms with Crippen LogP contribution in [0.1, 0.15) is 18.8 Å². The normalized spacial score (nSPS) is 12.5. The average molecular weight is 239 g/mol. The summed E-state index contributed by atoms with van der Waals surface area (Å²) in [6, 6.07) is 12.0. The van der Waals surface area contributed by atoms with Crippen LogP contribution in [0.2, 0.25) is 0 Å². The van der Waals surface area contributed by atoms with Gasteiger partial charge in [0.05, 0.1) is 0 Å². The monoisotopic (exact) mass is 239 g/mol. The molecule has 0 radical (unpaired) electrons. The van der Waals surface area contributed by atoms with Crippen LogP contribution in [0.25, 0.3) is 5.69 Å². The second-order valence-corrected chi connectivity index (χ2v) is 4.06. The van der Waals surface area contributed by atoms with E-state index < -0.39 is 0 Å². The molecule has 0 amide bonds. The van der Waals surface area contributed by atoms with Crippen LogP contribution >= 0.6 is 0 Å². The molecule has 0 saturated carbocycles. The van der Waals surface area contributed by atoms with Crippen molar-refractivity contribution in [2.45, 2.75) is 13.0 Å². The lowest BCUT2D eigenvalue weighted by atomic mass is 10.3. The van der Waals surface area contributed by atoms with Gasteiger partial charge in [-0.25, -0.2) is 0 Å². The van der Waals surface area contributed by atoms with Gasteiger partial charge in [-0.05, 0) is 25.1 Å². The summed E-state index contributed by atoms with van der Waals surface area (Å²) in [5.74, 6) is 0.866. The van der Waals surface area contributed by atoms with Crippen molar-refractivity contribution >= 4 is 0 Å². The number of rotatable bonds is 3. The van der Waals surface area contributed by atoms with Crippen LogP contribution in [0.3, 0.4) is 0 Å². The fraction of sp³-hybridized carbons (Fsp3) is 0.154. The highest BCUT2D eigenvalue weighted by atomic mass is 15.3. The van der Waals surface area contributed by atoms with Crippen molar-refractivity contribution < 1.29 is 0 Å². The topological polar surface area (TPSA) is 48.5 Å². The summed E-state index contributed by atoms with van der Waals surface area (Å²) in [6.45, 7) is 2.05. The zero-order valence-electron chi connectivity index (χ0n) is 10.0. The molecule has 1 atom stereocenters. The van der Waals surface area contributed by atoms with Crippen molar-refractivity contribution in [2.24, 2.45) is 0 Å². The maximum absolute atomic E-state index is 4.24. The highest BCUT2D eigenvalue weighted by Crippen LogP contribution is 2.17. The third-order valence-corrected chi connectivity index (χ3v) is 2.90. The third kappa shape index (κ3) is 1.79. The second kappa shape index (κ2) is 4.44. The summed E-state index contributed by atoms with van der Waals surface area (Å²) in [6.07, 6.45) is 5.42. The van der Waals surface area contributed by atoms with E-state index >= 15 is 0 Å². The Labute approximate surface area is 105 Å². The van der Waals surface area contributed by atoms with Crippen molar-refractivity contribution in [1.82, 2.24) is 24.5 Å². The van der Waals surface area contributed by atoms with Crippen molar-refractivity contribution in [3.8, 4) is 5.69 Å². The number of hydrogen-bond donors (Lipinski definition) is 0. The van der Waals surface area contributed by atoms with E-state index in [1.54, 1.807) is 12.5 Å². The minimum atomic E-state index is 0.0442. The molecule has 0 bridgehead atoms. The molecule has 2 heterocycles. The molecule has 0 aliphatic rings. The van der Waals surface area contributed by atoms with Gasteiger partial charge in [0.25, 0.3) is 0 Å². The SMILES string of the molecule is C[C@@H](c1nncn1-c1ccccc1)n1cccn1. The summed E-state index contributed by atoms with van der Waals surface area (Å²) < 4.78 is 3.84. The molecule has 3 aromatic rings. The van der Waals surface area contributed by atoms with Crippen molar-refractivity contribution in [3.05, 3.63) is 60.9 Å². The lowest BCUT2D eigenvalue weighted by Gasteiger charge is -2.13. The number of benzene rings is 1. The Hall–Kier alpha value is -2.43. The summed E-state index contributed by atoms with van der Waals surface area (Å²) in [7, 11) is 0. The molecule has 0 spiro atoms. The van der Waals surface area contributed by atoms with Gasteiger partial charge in [0, 0.05) is 18.1 Å². The summed E-state index contributed by atoms with van der Waals surface area (Å²) in [5.41, 5.74) is 1.05. The van der Waals surface area contributed by atoms with Gasteiger partial charge in [-0.3, -0.25) is 9.25 Å². The molecule has 3 rings (SSSR count). The molecule has 0 N–H and O–H groups in total. The summed E-state index contributed by atoms with van der Waals surface area (Å²) in [5, 5.41) is 12.4. The van der Waals surface area contributed by atoms with Gasteiger partial charge in [0.2, 0.25) is 0 Å². The average Bonchev–Trinajstić information content (AvgIpc) is 3.10. The van der Waals surface area contributed by atoms with E-state index in [0.717, 1.165) is 11.5 Å². The van der Waals surface area contributed by atoms with Gasteiger partial charge in [0.15, 0.2) is 5.82 Å². The minimum Gasteiger partial charge on any atom is -0.284 e. The van der Waals surface area contributed by atoms with E-state index in [0.29, 0.717) is 0 Å². The Bertz CT molecular complexity index is 612. The van der Waals surface area contributed by atoms with E-state index in [1.807, 2.05) is 51.8 Å². The quantitative estimate of drug-likeness (QED) is 0.703. The molecular weight excluding hydrogens is 226 g/mol. The minimum absolute atomic E-state index is 0.0442. The molecule has 5 heteroatoms. The molecule has 90 valence electrons. The van der Waals surface area contributed by atoms with E-state index in [1.165, 1.54) is 0 Å². The van der Waals surface area contributed by atoms with Crippen LogP contribution in [0.4, 0.5) is 0 Å². The smallest absolute Gasteiger partial charge is 0.162 e. The molecule has 0 unspecified atom stereocenters. The molecule has 1 aromatic carbocycles. The van der Waals surface area contributed by atoms with Crippen LogP contribution in [0.15, 0.2) is 55.1 Å².